The summed E-state index contributed by atoms with van der Waals surface area (Å²) in [6.07, 6.45) is 2.52. The Kier molecular flexibility index (Phi) is 7.53. The number of rotatable bonds is 7. The van der Waals surface area contributed by atoms with Crippen molar-refractivity contribution in [3.05, 3.63) is 115 Å². The van der Waals surface area contributed by atoms with Crippen LogP contribution in [0, 0.1) is 0 Å². The van der Waals surface area contributed by atoms with Crippen LogP contribution in [0.4, 0.5) is 0 Å². The first-order chi connectivity index (χ1) is 17.9. The Bertz CT molecular complexity index is 1690. The topological polar surface area (TPSA) is 56.5 Å². The van der Waals surface area contributed by atoms with E-state index in [0.717, 1.165) is 32.2 Å². The average Bonchev–Trinajstić information content (AvgIpc) is 2.91. The van der Waals surface area contributed by atoms with Gasteiger partial charge in [-0.05, 0) is 80.6 Å². The van der Waals surface area contributed by atoms with E-state index in [1.807, 2.05) is 48.5 Å². The molecule has 1 atom stereocenters. The van der Waals surface area contributed by atoms with Gasteiger partial charge in [-0.25, -0.2) is 4.98 Å². The largest absolute Gasteiger partial charge is 0.488 e. The van der Waals surface area contributed by atoms with Crippen LogP contribution < -0.4 is 10.3 Å². The Balaban J connectivity index is 1.42. The summed E-state index contributed by atoms with van der Waals surface area (Å²) in [7, 11) is 0. The van der Waals surface area contributed by atoms with Crippen LogP contribution in [0.25, 0.3) is 21.7 Å². The van der Waals surface area contributed by atoms with E-state index in [1.54, 1.807) is 12.3 Å². The molecule has 0 bridgehead atoms. The molecule has 0 unspecified atom stereocenters. The highest BCUT2D eigenvalue weighted by Gasteiger charge is 2.15. The van der Waals surface area contributed by atoms with Crippen molar-refractivity contribution in [3.63, 3.8) is 0 Å². The van der Waals surface area contributed by atoms with Gasteiger partial charge in [-0.1, -0.05) is 72.2 Å². The number of ether oxygens (including phenoxy) is 1. The van der Waals surface area contributed by atoms with Crippen molar-refractivity contribution in [1.82, 2.24) is 9.66 Å². The lowest BCUT2D eigenvalue weighted by Crippen LogP contribution is -2.23. The molecule has 5 aromatic rings. The predicted molar refractivity (Wildman–Crippen MR) is 158 cm³/mol. The van der Waals surface area contributed by atoms with E-state index in [-0.39, 0.29) is 11.5 Å². The van der Waals surface area contributed by atoms with Crippen LogP contribution in [0.5, 0.6) is 5.75 Å². The minimum Gasteiger partial charge on any atom is -0.488 e. The lowest BCUT2D eigenvalue weighted by Gasteiger charge is -2.14. The predicted octanol–water partition coefficient (Wildman–Crippen LogP) is 8.05. The molecule has 0 saturated heterocycles. The van der Waals surface area contributed by atoms with Crippen molar-refractivity contribution < 1.29 is 4.74 Å². The molecule has 5 rings (SSSR count). The van der Waals surface area contributed by atoms with Crippen LogP contribution in [0.2, 0.25) is 0 Å². The maximum Gasteiger partial charge on any atom is 0.282 e. The number of hydrogen-bond acceptors (Lipinski definition) is 4. The summed E-state index contributed by atoms with van der Waals surface area (Å²) in [6, 6.07) is 25.8. The lowest BCUT2D eigenvalue weighted by atomic mass is 10.1. The van der Waals surface area contributed by atoms with Crippen molar-refractivity contribution in [2.45, 2.75) is 32.8 Å². The van der Waals surface area contributed by atoms with Gasteiger partial charge in [0.1, 0.15) is 18.2 Å². The molecule has 0 aliphatic rings. The molecule has 4 aromatic carbocycles. The third-order valence-corrected chi connectivity index (χ3v) is 7.54. The van der Waals surface area contributed by atoms with Gasteiger partial charge < -0.3 is 4.74 Å². The first-order valence-corrected chi connectivity index (χ1v) is 13.7. The number of hydrogen-bond donors (Lipinski definition) is 0. The Morgan fingerprint density at radius 3 is 2.62 bits per heavy atom. The molecule has 7 heteroatoms. The summed E-state index contributed by atoms with van der Waals surface area (Å²) in [4.78, 5) is 18.1. The summed E-state index contributed by atoms with van der Waals surface area (Å²) in [6.45, 7) is 4.58. The van der Waals surface area contributed by atoms with Gasteiger partial charge in [0.15, 0.2) is 0 Å². The van der Waals surface area contributed by atoms with Crippen molar-refractivity contribution in [1.29, 1.82) is 0 Å². The highest BCUT2D eigenvalue weighted by Crippen LogP contribution is 2.28. The molecule has 37 heavy (non-hydrogen) atoms. The number of nitrogens with zero attached hydrogens (tertiary/aromatic N) is 3. The maximum absolute atomic E-state index is 13.3. The van der Waals surface area contributed by atoms with E-state index in [1.165, 1.54) is 15.4 Å². The monoisotopic (exact) mass is 617 g/mol. The van der Waals surface area contributed by atoms with Gasteiger partial charge in [0.2, 0.25) is 0 Å². The zero-order valence-electron chi connectivity index (χ0n) is 20.5. The maximum atomic E-state index is 13.3. The van der Waals surface area contributed by atoms with E-state index < -0.39 is 0 Å². The summed E-state index contributed by atoms with van der Waals surface area (Å²) in [5.41, 5.74) is 2.45. The molecular weight excluding hydrogens is 594 g/mol. The molecule has 0 spiro atoms. The number of halogens is 2. The first-order valence-electron chi connectivity index (χ1n) is 12.1. The highest BCUT2D eigenvalue weighted by atomic mass is 79.9. The Hall–Kier alpha value is -3.29. The number of fused-ring (bicyclic) bond motifs is 2. The van der Waals surface area contributed by atoms with Gasteiger partial charge in [0.05, 0.1) is 21.6 Å². The van der Waals surface area contributed by atoms with Crippen LogP contribution in [0.1, 0.15) is 43.1 Å². The summed E-state index contributed by atoms with van der Waals surface area (Å²) < 4.78 is 9.19. The molecule has 0 radical (unpaired) electrons. The van der Waals surface area contributed by atoms with E-state index in [4.69, 9.17) is 9.72 Å². The number of aromatic nitrogens is 2. The smallest absolute Gasteiger partial charge is 0.282 e. The van der Waals surface area contributed by atoms with Crippen molar-refractivity contribution >= 4 is 59.7 Å². The van der Waals surface area contributed by atoms with Crippen molar-refractivity contribution in [2.24, 2.45) is 5.10 Å². The van der Waals surface area contributed by atoms with Gasteiger partial charge in [-0.2, -0.15) is 9.78 Å². The second-order valence-electron chi connectivity index (χ2n) is 8.92. The standard InChI is InChI=1S/C30H25Br2N3O2/c1-3-19(2)29-34-27-13-12-23(31)16-25(27)30(36)35(29)33-17-20-11-14-28(26(32)15-20)37-18-22-9-6-8-21-7-4-5-10-24(21)22/h4-17,19H,3,18H2,1-2H3/t19-/m1/s1. The Morgan fingerprint density at radius 2 is 1.81 bits per heavy atom. The highest BCUT2D eigenvalue weighted by molar-refractivity contribution is 9.10. The minimum atomic E-state index is -0.188. The average molecular weight is 619 g/mol. The molecule has 5 nitrogen and oxygen atoms in total. The van der Waals surface area contributed by atoms with E-state index in [0.29, 0.717) is 23.3 Å². The lowest BCUT2D eigenvalue weighted by molar-refractivity contribution is 0.305. The fraction of sp³-hybridized carbons (Fsp3) is 0.167. The molecule has 0 aliphatic carbocycles. The van der Waals surface area contributed by atoms with Gasteiger partial charge in [0.25, 0.3) is 5.56 Å². The van der Waals surface area contributed by atoms with Gasteiger partial charge in [-0.15, -0.1) is 0 Å². The molecular formula is C30H25Br2N3O2. The molecule has 0 N–H and O–H groups in total. The van der Waals surface area contributed by atoms with Crippen LogP contribution >= 0.6 is 31.9 Å². The molecule has 186 valence electrons. The summed E-state index contributed by atoms with van der Waals surface area (Å²) >= 11 is 7.08. The SMILES string of the molecule is CC[C@@H](C)c1nc2ccc(Br)cc2c(=O)n1N=Cc1ccc(OCc2cccc3ccccc23)c(Br)c1. The van der Waals surface area contributed by atoms with Gasteiger partial charge in [-0.3, -0.25) is 4.79 Å². The third-order valence-electron chi connectivity index (χ3n) is 6.43. The van der Waals surface area contributed by atoms with Crippen LogP contribution in [0.15, 0.2) is 97.7 Å². The van der Waals surface area contributed by atoms with Crippen LogP contribution in [-0.4, -0.2) is 15.9 Å². The molecule has 0 fully saturated rings. The van der Waals surface area contributed by atoms with Crippen LogP contribution in [-0.2, 0) is 6.61 Å². The van der Waals surface area contributed by atoms with E-state index in [9.17, 15) is 4.79 Å². The van der Waals surface area contributed by atoms with E-state index >= 15 is 0 Å². The Morgan fingerprint density at radius 1 is 1.00 bits per heavy atom. The zero-order valence-corrected chi connectivity index (χ0v) is 23.7. The van der Waals surface area contributed by atoms with Crippen molar-refractivity contribution in [3.8, 4) is 5.75 Å². The van der Waals surface area contributed by atoms with E-state index in [2.05, 4.69) is 75.1 Å². The molecule has 1 aromatic heterocycles. The molecule has 1 heterocycles. The van der Waals surface area contributed by atoms with Crippen LogP contribution in [0.3, 0.4) is 0 Å². The summed E-state index contributed by atoms with van der Waals surface area (Å²) in [5.74, 6) is 1.46. The first kappa shape index (κ1) is 25.4. The van der Waals surface area contributed by atoms with Gasteiger partial charge in [0, 0.05) is 10.4 Å². The van der Waals surface area contributed by atoms with Gasteiger partial charge >= 0.3 is 0 Å². The second-order valence-corrected chi connectivity index (χ2v) is 10.7. The van der Waals surface area contributed by atoms with Crippen molar-refractivity contribution in [2.75, 3.05) is 0 Å². The quantitative estimate of drug-likeness (QED) is 0.173. The fourth-order valence-electron chi connectivity index (χ4n) is 4.19. The minimum absolute atomic E-state index is 0.0782. The summed E-state index contributed by atoms with van der Waals surface area (Å²) in [5, 5.41) is 7.46. The molecule has 0 amide bonds. The Labute approximate surface area is 232 Å². The third kappa shape index (κ3) is 5.38. The molecule has 0 aliphatic heterocycles. The second kappa shape index (κ2) is 11.0. The molecule has 0 saturated carbocycles. The number of benzene rings is 4. The fourth-order valence-corrected chi connectivity index (χ4v) is 5.06. The normalized spacial score (nSPS) is 12.4. The zero-order chi connectivity index (χ0) is 25.9.